The normalized spacial score (nSPS) is 20.1. The number of benzene rings is 1. The number of hydroxylamine groups is 2. The van der Waals surface area contributed by atoms with Crippen molar-refractivity contribution in [3.05, 3.63) is 34.1 Å². The number of hydrogen-bond donors (Lipinski definition) is 1. The lowest BCUT2D eigenvalue weighted by Gasteiger charge is -2.19. The molecule has 0 unspecified atom stereocenters. The van der Waals surface area contributed by atoms with Gasteiger partial charge in [0, 0.05) is 10.9 Å². The van der Waals surface area contributed by atoms with Crippen LogP contribution in [0.4, 0.5) is 9.18 Å². The van der Waals surface area contributed by atoms with E-state index in [0.717, 1.165) is 5.06 Å². The number of rotatable bonds is 1. The van der Waals surface area contributed by atoms with E-state index in [1.54, 1.807) is 6.07 Å². The van der Waals surface area contributed by atoms with Crippen LogP contribution in [0.25, 0.3) is 0 Å². The summed E-state index contributed by atoms with van der Waals surface area (Å²) in [6.45, 7) is 0.325. The van der Waals surface area contributed by atoms with Crippen LogP contribution in [0.5, 0.6) is 0 Å². The van der Waals surface area contributed by atoms with Gasteiger partial charge in [0.05, 0.1) is 12.6 Å². The van der Waals surface area contributed by atoms with Crippen LogP contribution in [-0.4, -0.2) is 22.9 Å². The van der Waals surface area contributed by atoms with E-state index < -0.39 is 18.0 Å². The van der Waals surface area contributed by atoms with Crippen molar-refractivity contribution in [1.29, 1.82) is 0 Å². The van der Waals surface area contributed by atoms with E-state index in [9.17, 15) is 9.18 Å². The minimum absolute atomic E-state index is 0.325. The van der Waals surface area contributed by atoms with Crippen molar-refractivity contribution in [3.63, 3.8) is 0 Å². The van der Waals surface area contributed by atoms with Gasteiger partial charge < -0.3 is 5.11 Å². The van der Waals surface area contributed by atoms with Crippen LogP contribution in [-0.2, 0) is 4.84 Å². The lowest BCUT2D eigenvalue weighted by molar-refractivity contribution is -0.104. The zero-order valence-electron chi connectivity index (χ0n) is 8.19. The number of hydrogen-bond acceptors (Lipinski definition) is 2. The van der Waals surface area contributed by atoms with Crippen molar-refractivity contribution in [2.24, 2.45) is 0 Å². The average Bonchev–Trinajstić information content (AvgIpc) is 2.63. The zero-order valence-corrected chi connectivity index (χ0v) is 9.78. The van der Waals surface area contributed by atoms with Crippen molar-refractivity contribution in [1.82, 2.24) is 5.06 Å². The molecule has 1 saturated heterocycles. The predicted molar refractivity (Wildman–Crippen MR) is 57.3 cm³/mol. The molecule has 1 aliphatic heterocycles. The van der Waals surface area contributed by atoms with Gasteiger partial charge in [-0.05, 0) is 23.8 Å². The molecule has 0 aromatic heterocycles. The summed E-state index contributed by atoms with van der Waals surface area (Å²) in [6.07, 6.45) is -0.634. The molecule has 1 aliphatic rings. The molecule has 0 radical (unpaired) electrons. The SMILES string of the molecule is O=C(O)N1OCC[C@@H]1c1cc(F)cc(Br)c1. The topological polar surface area (TPSA) is 49.8 Å². The summed E-state index contributed by atoms with van der Waals surface area (Å²) < 4.78 is 13.8. The molecule has 1 fully saturated rings. The molecular weight excluding hydrogens is 281 g/mol. The fraction of sp³-hybridized carbons (Fsp3) is 0.300. The van der Waals surface area contributed by atoms with Gasteiger partial charge >= 0.3 is 6.09 Å². The van der Waals surface area contributed by atoms with Crippen molar-refractivity contribution < 1.29 is 19.1 Å². The second kappa shape index (κ2) is 4.39. The van der Waals surface area contributed by atoms with E-state index in [1.165, 1.54) is 12.1 Å². The molecule has 4 nitrogen and oxygen atoms in total. The monoisotopic (exact) mass is 289 g/mol. The second-order valence-corrected chi connectivity index (χ2v) is 4.36. The lowest BCUT2D eigenvalue weighted by atomic mass is 10.0. The molecule has 6 heteroatoms. The maximum Gasteiger partial charge on any atom is 0.432 e. The molecule has 0 saturated carbocycles. The van der Waals surface area contributed by atoms with Crippen LogP contribution in [0.3, 0.4) is 0 Å². The third-order valence-electron chi connectivity index (χ3n) is 2.36. The minimum Gasteiger partial charge on any atom is -0.463 e. The third-order valence-corrected chi connectivity index (χ3v) is 2.82. The van der Waals surface area contributed by atoms with Crippen LogP contribution in [0.1, 0.15) is 18.0 Å². The van der Waals surface area contributed by atoms with Gasteiger partial charge in [-0.25, -0.2) is 9.18 Å². The maximum atomic E-state index is 13.2. The number of carbonyl (C=O) groups is 1. The summed E-state index contributed by atoms with van der Waals surface area (Å²) in [7, 11) is 0. The van der Waals surface area contributed by atoms with Gasteiger partial charge in [0.25, 0.3) is 0 Å². The Morgan fingerprint density at radius 1 is 1.56 bits per heavy atom. The summed E-state index contributed by atoms with van der Waals surface area (Å²) in [5, 5.41) is 9.74. The first-order valence-electron chi connectivity index (χ1n) is 4.69. The predicted octanol–water partition coefficient (Wildman–Crippen LogP) is 2.94. The molecule has 0 bridgehead atoms. The van der Waals surface area contributed by atoms with Gasteiger partial charge in [-0.15, -0.1) is 0 Å². The molecule has 1 heterocycles. The summed E-state index contributed by atoms with van der Waals surface area (Å²) in [4.78, 5) is 15.8. The van der Waals surface area contributed by atoms with E-state index in [-0.39, 0.29) is 0 Å². The smallest absolute Gasteiger partial charge is 0.432 e. The Bertz CT molecular complexity index is 406. The first-order valence-corrected chi connectivity index (χ1v) is 5.48. The van der Waals surface area contributed by atoms with E-state index in [0.29, 0.717) is 23.1 Å². The van der Waals surface area contributed by atoms with Crippen LogP contribution < -0.4 is 0 Å². The molecule has 86 valence electrons. The fourth-order valence-corrected chi connectivity index (χ4v) is 2.21. The van der Waals surface area contributed by atoms with Gasteiger partial charge in [-0.1, -0.05) is 15.9 Å². The van der Waals surface area contributed by atoms with Crippen LogP contribution in [0.2, 0.25) is 0 Å². The van der Waals surface area contributed by atoms with E-state index >= 15 is 0 Å². The van der Waals surface area contributed by atoms with E-state index in [1.807, 2.05) is 0 Å². The van der Waals surface area contributed by atoms with Crippen LogP contribution in [0, 0.1) is 5.82 Å². The summed E-state index contributed by atoms with van der Waals surface area (Å²) in [5.74, 6) is -0.401. The highest BCUT2D eigenvalue weighted by Crippen LogP contribution is 2.32. The van der Waals surface area contributed by atoms with Crippen molar-refractivity contribution >= 4 is 22.0 Å². The minimum atomic E-state index is -1.16. The fourth-order valence-electron chi connectivity index (χ4n) is 1.73. The molecule has 1 amide bonds. The number of carboxylic acid groups (broad SMARTS) is 1. The van der Waals surface area contributed by atoms with Gasteiger partial charge in [-0.2, -0.15) is 5.06 Å². The number of halogens is 2. The maximum absolute atomic E-state index is 13.2. The van der Waals surface area contributed by atoms with Gasteiger partial charge in [0.15, 0.2) is 0 Å². The highest BCUT2D eigenvalue weighted by Gasteiger charge is 2.31. The molecule has 1 aromatic carbocycles. The molecule has 2 rings (SSSR count). The van der Waals surface area contributed by atoms with Gasteiger partial charge in [0.2, 0.25) is 0 Å². The summed E-state index contributed by atoms with van der Waals surface area (Å²) in [5.41, 5.74) is 0.590. The lowest BCUT2D eigenvalue weighted by Crippen LogP contribution is -2.27. The quantitative estimate of drug-likeness (QED) is 0.865. The Hall–Kier alpha value is -1.14. The Balaban J connectivity index is 2.32. The summed E-state index contributed by atoms with van der Waals surface area (Å²) in [6, 6.07) is 3.90. The number of amides is 1. The highest BCUT2D eigenvalue weighted by molar-refractivity contribution is 9.10. The van der Waals surface area contributed by atoms with E-state index in [4.69, 9.17) is 9.94 Å². The summed E-state index contributed by atoms with van der Waals surface area (Å²) >= 11 is 3.17. The zero-order chi connectivity index (χ0) is 11.7. The van der Waals surface area contributed by atoms with E-state index in [2.05, 4.69) is 15.9 Å². The Morgan fingerprint density at radius 3 is 2.94 bits per heavy atom. The molecule has 1 aromatic rings. The van der Waals surface area contributed by atoms with Gasteiger partial charge in [-0.3, -0.25) is 4.84 Å². The second-order valence-electron chi connectivity index (χ2n) is 3.45. The molecule has 0 spiro atoms. The first kappa shape index (κ1) is 11.3. The highest BCUT2D eigenvalue weighted by atomic mass is 79.9. The van der Waals surface area contributed by atoms with Crippen LogP contribution >= 0.6 is 15.9 Å². The number of nitrogens with zero attached hydrogens (tertiary/aromatic N) is 1. The molecule has 0 aliphatic carbocycles. The van der Waals surface area contributed by atoms with Crippen LogP contribution in [0.15, 0.2) is 22.7 Å². The van der Waals surface area contributed by atoms with Crippen molar-refractivity contribution in [2.45, 2.75) is 12.5 Å². The molecular formula is C10H9BrFNO3. The van der Waals surface area contributed by atoms with Crippen molar-refractivity contribution in [3.8, 4) is 0 Å². The molecule has 16 heavy (non-hydrogen) atoms. The Morgan fingerprint density at radius 2 is 2.31 bits per heavy atom. The van der Waals surface area contributed by atoms with Gasteiger partial charge in [0.1, 0.15) is 5.82 Å². The molecule has 1 atom stereocenters. The Labute approximate surface area is 99.7 Å². The largest absolute Gasteiger partial charge is 0.463 e. The Kier molecular flexibility index (Phi) is 3.11. The first-order chi connectivity index (χ1) is 7.58. The van der Waals surface area contributed by atoms with Crippen molar-refractivity contribution in [2.75, 3.05) is 6.61 Å². The molecule has 1 N–H and O–H groups in total. The standard InChI is InChI=1S/C10H9BrFNO3/c11-7-3-6(4-8(12)5-7)9-1-2-16-13(9)10(14)15/h3-5,9H,1-2H2,(H,14,15)/t9-/m1/s1. The third kappa shape index (κ3) is 2.17. The average molecular weight is 290 g/mol.